The van der Waals surface area contributed by atoms with Gasteiger partial charge in [-0.1, -0.05) is 18.2 Å². The number of amides is 1. The number of halogens is 1. The molecule has 6 nitrogen and oxygen atoms in total. The third-order valence-electron chi connectivity index (χ3n) is 5.18. The number of aromatic amines is 1. The number of carbonyl (C=O) groups excluding carboxylic acids is 1. The summed E-state index contributed by atoms with van der Waals surface area (Å²) in [5, 5.41) is 27.2. The summed E-state index contributed by atoms with van der Waals surface area (Å²) in [7, 11) is 0. The second-order valence-electron chi connectivity index (χ2n) is 6.97. The first-order valence-electron chi connectivity index (χ1n) is 9.14. The predicted octanol–water partition coefficient (Wildman–Crippen LogP) is 3.65. The average molecular weight is 381 g/mol. The number of hydrogen-bond acceptors (Lipinski definition) is 4. The van der Waals surface area contributed by atoms with Crippen LogP contribution in [0.4, 0.5) is 4.39 Å². The van der Waals surface area contributed by atoms with Gasteiger partial charge in [0.1, 0.15) is 22.9 Å². The van der Waals surface area contributed by atoms with Crippen molar-refractivity contribution in [3.8, 4) is 22.6 Å². The Morgan fingerprint density at radius 2 is 1.86 bits per heavy atom. The van der Waals surface area contributed by atoms with E-state index in [9.17, 15) is 19.4 Å². The molecule has 3 aromatic rings. The number of nitrogens with zero attached hydrogens (tertiary/aromatic N) is 2. The van der Waals surface area contributed by atoms with Crippen molar-refractivity contribution in [2.24, 2.45) is 0 Å². The molecule has 2 aromatic carbocycles. The summed E-state index contributed by atoms with van der Waals surface area (Å²) in [6, 6.07) is 10.5. The van der Waals surface area contributed by atoms with Crippen LogP contribution in [0.15, 0.2) is 48.7 Å². The Labute approximate surface area is 161 Å². The highest BCUT2D eigenvalue weighted by molar-refractivity contribution is 5.99. The molecule has 1 aromatic heterocycles. The molecule has 1 aliphatic heterocycles. The molecule has 1 saturated heterocycles. The van der Waals surface area contributed by atoms with Crippen molar-refractivity contribution < 1.29 is 19.4 Å². The lowest BCUT2D eigenvalue weighted by Gasteiger charge is -2.33. The fourth-order valence-electron chi connectivity index (χ4n) is 3.77. The van der Waals surface area contributed by atoms with Gasteiger partial charge in [-0.05, 0) is 42.7 Å². The van der Waals surface area contributed by atoms with Crippen LogP contribution in [-0.4, -0.2) is 44.3 Å². The lowest BCUT2D eigenvalue weighted by molar-refractivity contribution is 0.0699. The zero-order valence-electron chi connectivity index (χ0n) is 15.1. The Bertz CT molecular complexity index is 980. The number of phenolic OH excluding ortho intramolecular Hbond substituents is 2. The van der Waals surface area contributed by atoms with Crippen molar-refractivity contribution in [2.45, 2.75) is 18.8 Å². The Balaban J connectivity index is 1.59. The van der Waals surface area contributed by atoms with E-state index >= 15 is 0 Å². The molecule has 1 fully saturated rings. The fourth-order valence-corrected chi connectivity index (χ4v) is 3.77. The molecule has 144 valence electrons. The minimum Gasteiger partial charge on any atom is -0.507 e. The van der Waals surface area contributed by atoms with Crippen LogP contribution >= 0.6 is 0 Å². The standard InChI is InChI=1S/C21H20FN3O3/c22-15-8-6-13(7-9-15)16-11-23-24-20(16)14-3-2-10-25(12-14)21(28)19-17(26)4-1-5-18(19)27/h1,4-9,11,14,26-27H,2-3,10,12H2,(H,23,24). The lowest BCUT2D eigenvalue weighted by Crippen LogP contribution is -2.39. The number of piperidine rings is 1. The quantitative estimate of drug-likeness (QED) is 0.646. The number of aromatic hydroxyl groups is 2. The van der Waals surface area contributed by atoms with Crippen molar-refractivity contribution in [2.75, 3.05) is 13.1 Å². The fraction of sp³-hybridized carbons (Fsp3) is 0.238. The van der Waals surface area contributed by atoms with Crippen molar-refractivity contribution in [3.63, 3.8) is 0 Å². The number of carbonyl (C=O) groups is 1. The van der Waals surface area contributed by atoms with Gasteiger partial charge in [0, 0.05) is 30.3 Å². The average Bonchev–Trinajstić information content (AvgIpc) is 3.18. The highest BCUT2D eigenvalue weighted by Gasteiger charge is 2.30. The molecule has 0 aliphatic carbocycles. The van der Waals surface area contributed by atoms with E-state index in [0.29, 0.717) is 13.1 Å². The summed E-state index contributed by atoms with van der Waals surface area (Å²) in [4.78, 5) is 14.5. The van der Waals surface area contributed by atoms with Gasteiger partial charge in [-0.3, -0.25) is 9.89 Å². The number of hydrogen-bond donors (Lipinski definition) is 3. The molecule has 7 heteroatoms. The van der Waals surface area contributed by atoms with Crippen LogP contribution in [0, 0.1) is 5.82 Å². The molecular weight excluding hydrogens is 361 g/mol. The molecule has 1 aliphatic rings. The van der Waals surface area contributed by atoms with Crippen molar-refractivity contribution in [3.05, 3.63) is 65.7 Å². The van der Waals surface area contributed by atoms with Crippen LogP contribution in [0.3, 0.4) is 0 Å². The summed E-state index contributed by atoms with van der Waals surface area (Å²) >= 11 is 0. The monoisotopic (exact) mass is 381 g/mol. The topological polar surface area (TPSA) is 89.5 Å². The third kappa shape index (κ3) is 3.31. The summed E-state index contributed by atoms with van der Waals surface area (Å²) < 4.78 is 13.2. The second-order valence-corrected chi connectivity index (χ2v) is 6.97. The van der Waals surface area contributed by atoms with E-state index in [2.05, 4.69) is 10.2 Å². The maximum Gasteiger partial charge on any atom is 0.261 e. The number of H-pyrrole nitrogens is 1. The molecule has 28 heavy (non-hydrogen) atoms. The first-order valence-corrected chi connectivity index (χ1v) is 9.14. The van der Waals surface area contributed by atoms with Gasteiger partial charge in [-0.25, -0.2) is 4.39 Å². The van der Waals surface area contributed by atoms with Crippen LogP contribution in [0.25, 0.3) is 11.1 Å². The van der Waals surface area contributed by atoms with E-state index in [4.69, 9.17) is 0 Å². The molecule has 4 rings (SSSR count). The first-order chi connectivity index (χ1) is 13.5. The van der Waals surface area contributed by atoms with Gasteiger partial charge in [0.05, 0.1) is 6.20 Å². The van der Waals surface area contributed by atoms with Crippen molar-refractivity contribution >= 4 is 5.91 Å². The van der Waals surface area contributed by atoms with Gasteiger partial charge in [0.2, 0.25) is 0 Å². The van der Waals surface area contributed by atoms with E-state index in [1.54, 1.807) is 23.2 Å². The van der Waals surface area contributed by atoms with E-state index in [-0.39, 0.29) is 28.8 Å². The number of likely N-dealkylation sites (tertiary alicyclic amines) is 1. The minimum absolute atomic E-state index is 0.0215. The van der Waals surface area contributed by atoms with Crippen LogP contribution in [-0.2, 0) is 0 Å². The Kier molecular flexibility index (Phi) is 4.73. The van der Waals surface area contributed by atoms with Crippen LogP contribution in [0.2, 0.25) is 0 Å². The van der Waals surface area contributed by atoms with Crippen molar-refractivity contribution in [1.82, 2.24) is 15.1 Å². The van der Waals surface area contributed by atoms with Crippen molar-refractivity contribution in [1.29, 1.82) is 0 Å². The maximum atomic E-state index is 13.2. The van der Waals surface area contributed by atoms with Gasteiger partial charge >= 0.3 is 0 Å². The number of nitrogens with one attached hydrogen (secondary N) is 1. The molecular formula is C21H20FN3O3. The molecule has 2 heterocycles. The van der Waals surface area contributed by atoms with E-state index in [1.165, 1.54) is 30.3 Å². The SMILES string of the molecule is O=C(c1c(O)cccc1O)N1CCCC(c2[nH]ncc2-c2ccc(F)cc2)C1. The lowest BCUT2D eigenvalue weighted by atomic mass is 9.90. The van der Waals surface area contributed by atoms with Crippen LogP contribution in [0.5, 0.6) is 11.5 Å². The Morgan fingerprint density at radius 3 is 2.57 bits per heavy atom. The zero-order valence-corrected chi connectivity index (χ0v) is 15.1. The molecule has 0 bridgehead atoms. The van der Waals surface area contributed by atoms with Gasteiger partial charge in [-0.2, -0.15) is 5.10 Å². The number of rotatable bonds is 3. The first kappa shape index (κ1) is 18.0. The molecule has 1 amide bonds. The highest BCUT2D eigenvalue weighted by atomic mass is 19.1. The zero-order chi connectivity index (χ0) is 19.7. The van der Waals surface area contributed by atoms with Gasteiger partial charge < -0.3 is 15.1 Å². The van der Waals surface area contributed by atoms with Crippen LogP contribution in [0.1, 0.15) is 34.8 Å². The van der Waals surface area contributed by atoms with E-state index in [0.717, 1.165) is 29.7 Å². The third-order valence-corrected chi connectivity index (χ3v) is 5.18. The van der Waals surface area contributed by atoms with Gasteiger partial charge in [0.15, 0.2) is 0 Å². The minimum atomic E-state index is -0.400. The predicted molar refractivity (Wildman–Crippen MR) is 102 cm³/mol. The molecule has 3 N–H and O–H groups in total. The Morgan fingerprint density at radius 1 is 1.14 bits per heavy atom. The Hall–Kier alpha value is -3.35. The van der Waals surface area contributed by atoms with Gasteiger partial charge in [-0.15, -0.1) is 0 Å². The molecule has 1 unspecified atom stereocenters. The number of aromatic nitrogens is 2. The highest BCUT2D eigenvalue weighted by Crippen LogP contribution is 2.35. The molecule has 0 saturated carbocycles. The summed E-state index contributed by atoms with van der Waals surface area (Å²) in [5.41, 5.74) is 2.55. The van der Waals surface area contributed by atoms with E-state index in [1.807, 2.05) is 0 Å². The molecule has 1 atom stereocenters. The maximum absolute atomic E-state index is 13.2. The summed E-state index contributed by atoms with van der Waals surface area (Å²) in [6.45, 7) is 0.978. The molecule has 0 radical (unpaired) electrons. The van der Waals surface area contributed by atoms with Gasteiger partial charge in [0.25, 0.3) is 5.91 Å². The summed E-state index contributed by atoms with van der Waals surface area (Å²) in [5.74, 6) is -1.15. The summed E-state index contributed by atoms with van der Waals surface area (Å²) in [6.07, 6.45) is 3.36. The smallest absolute Gasteiger partial charge is 0.261 e. The van der Waals surface area contributed by atoms with E-state index < -0.39 is 5.91 Å². The second kappa shape index (κ2) is 7.34. The normalized spacial score (nSPS) is 16.9. The largest absolute Gasteiger partial charge is 0.507 e. The van der Waals surface area contributed by atoms with Crippen LogP contribution < -0.4 is 0 Å². The molecule has 0 spiro atoms. The number of benzene rings is 2. The number of phenols is 2.